The predicted molar refractivity (Wildman–Crippen MR) is 72.2 cm³/mol. The van der Waals surface area contributed by atoms with Crippen molar-refractivity contribution in [1.29, 1.82) is 0 Å². The van der Waals surface area contributed by atoms with Crippen molar-refractivity contribution >= 4 is 28.3 Å². The molecule has 0 amide bonds. The molecular formula is C11H16FIN2O. The first-order chi connectivity index (χ1) is 7.50. The molecule has 0 saturated heterocycles. The molecule has 90 valence electrons. The molecule has 0 aliphatic rings. The molecule has 0 bridgehead atoms. The Bertz CT molecular complexity index is 358. The van der Waals surface area contributed by atoms with E-state index in [-0.39, 0.29) is 5.82 Å². The predicted octanol–water partition coefficient (Wildman–Crippen LogP) is 2.34. The van der Waals surface area contributed by atoms with Gasteiger partial charge in [0.25, 0.3) is 0 Å². The van der Waals surface area contributed by atoms with Crippen molar-refractivity contribution in [3.05, 3.63) is 21.5 Å². The summed E-state index contributed by atoms with van der Waals surface area (Å²) in [6.07, 6.45) is 0.889. The summed E-state index contributed by atoms with van der Waals surface area (Å²) < 4.78 is 19.2. The third kappa shape index (κ3) is 4.13. The molecule has 0 aromatic heterocycles. The molecule has 2 N–H and O–H groups in total. The van der Waals surface area contributed by atoms with Gasteiger partial charge in [0.05, 0.1) is 15.9 Å². The first-order valence-corrected chi connectivity index (χ1v) is 6.10. The molecule has 1 rings (SSSR count). The van der Waals surface area contributed by atoms with Gasteiger partial charge in [0, 0.05) is 12.6 Å². The van der Waals surface area contributed by atoms with E-state index in [1.165, 1.54) is 6.07 Å². The van der Waals surface area contributed by atoms with Crippen LogP contribution in [0.25, 0.3) is 0 Å². The summed E-state index contributed by atoms with van der Waals surface area (Å²) in [4.78, 5) is 2.07. The van der Waals surface area contributed by atoms with Crippen LogP contribution >= 0.6 is 22.6 Å². The molecule has 0 aliphatic carbocycles. The number of nitrogen functional groups attached to an aromatic ring is 1. The number of hydrogen-bond donors (Lipinski definition) is 1. The van der Waals surface area contributed by atoms with Crippen LogP contribution in [0.5, 0.6) is 5.75 Å². The number of nitrogens with two attached hydrogens (primary N) is 1. The Morgan fingerprint density at radius 1 is 1.44 bits per heavy atom. The van der Waals surface area contributed by atoms with E-state index in [9.17, 15) is 4.39 Å². The maximum absolute atomic E-state index is 13.2. The lowest BCUT2D eigenvalue weighted by atomic mass is 10.3. The highest BCUT2D eigenvalue weighted by molar-refractivity contribution is 14.1. The molecule has 0 fully saturated rings. The van der Waals surface area contributed by atoms with E-state index in [4.69, 9.17) is 10.5 Å². The van der Waals surface area contributed by atoms with Crippen LogP contribution in [-0.4, -0.2) is 32.1 Å². The number of anilines is 1. The summed E-state index contributed by atoms with van der Waals surface area (Å²) in [5.74, 6) is 0.133. The summed E-state index contributed by atoms with van der Waals surface area (Å²) in [5, 5.41) is 0. The second kappa shape index (κ2) is 6.24. The largest absolute Gasteiger partial charge is 0.491 e. The molecule has 0 unspecified atom stereocenters. The highest BCUT2D eigenvalue weighted by atomic mass is 127. The van der Waals surface area contributed by atoms with Crippen molar-refractivity contribution in [1.82, 2.24) is 4.90 Å². The van der Waals surface area contributed by atoms with Gasteiger partial charge >= 0.3 is 0 Å². The van der Waals surface area contributed by atoms with Gasteiger partial charge in [-0.3, -0.25) is 0 Å². The third-order valence-corrected chi connectivity index (χ3v) is 2.89. The van der Waals surface area contributed by atoms with Crippen LogP contribution in [0.3, 0.4) is 0 Å². The number of hydrogen-bond acceptors (Lipinski definition) is 3. The van der Waals surface area contributed by atoms with Gasteiger partial charge in [0.15, 0.2) is 0 Å². The molecule has 0 atom stereocenters. The van der Waals surface area contributed by atoms with E-state index in [0.29, 0.717) is 21.6 Å². The van der Waals surface area contributed by atoms with Gasteiger partial charge in [-0.15, -0.1) is 0 Å². The molecule has 1 aromatic carbocycles. The molecular weight excluding hydrogens is 322 g/mol. The molecule has 0 heterocycles. The van der Waals surface area contributed by atoms with Gasteiger partial charge < -0.3 is 15.4 Å². The number of benzene rings is 1. The molecule has 0 spiro atoms. The lowest BCUT2D eigenvalue weighted by Crippen LogP contribution is -2.15. The average molecular weight is 338 g/mol. The van der Waals surface area contributed by atoms with Gasteiger partial charge in [0.2, 0.25) is 0 Å². The minimum absolute atomic E-state index is 0.294. The van der Waals surface area contributed by atoms with E-state index in [1.54, 1.807) is 6.07 Å². The van der Waals surface area contributed by atoms with Gasteiger partial charge in [-0.25, -0.2) is 4.39 Å². The van der Waals surface area contributed by atoms with E-state index in [2.05, 4.69) is 4.90 Å². The SMILES string of the molecule is CN(C)CCCOc1cc(F)c(I)cc1N. The Morgan fingerprint density at radius 3 is 2.75 bits per heavy atom. The van der Waals surface area contributed by atoms with Crippen molar-refractivity contribution in [2.45, 2.75) is 6.42 Å². The fourth-order valence-corrected chi connectivity index (χ4v) is 1.72. The second-order valence-electron chi connectivity index (χ2n) is 3.81. The van der Waals surface area contributed by atoms with E-state index in [1.807, 2.05) is 36.7 Å². The normalized spacial score (nSPS) is 10.8. The van der Waals surface area contributed by atoms with Crippen molar-refractivity contribution in [3.8, 4) is 5.75 Å². The van der Waals surface area contributed by atoms with Crippen LogP contribution in [0.1, 0.15) is 6.42 Å². The summed E-state index contributed by atoms with van der Waals surface area (Å²) >= 11 is 1.90. The van der Waals surface area contributed by atoms with E-state index < -0.39 is 0 Å². The van der Waals surface area contributed by atoms with Gasteiger partial charge in [-0.05, 0) is 49.2 Å². The highest BCUT2D eigenvalue weighted by Gasteiger charge is 2.06. The summed E-state index contributed by atoms with van der Waals surface area (Å²) in [6, 6.07) is 2.92. The highest BCUT2D eigenvalue weighted by Crippen LogP contribution is 2.26. The number of rotatable bonds is 5. The van der Waals surface area contributed by atoms with E-state index in [0.717, 1.165) is 13.0 Å². The van der Waals surface area contributed by atoms with Crippen LogP contribution in [0.2, 0.25) is 0 Å². The minimum Gasteiger partial charge on any atom is -0.491 e. The maximum Gasteiger partial charge on any atom is 0.145 e. The van der Waals surface area contributed by atoms with Crippen molar-refractivity contribution in [2.24, 2.45) is 0 Å². The monoisotopic (exact) mass is 338 g/mol. The third-order valence-electron chi connectivity index (χ3n) is 2.06. The standard InChI is InChI=1S/C11H16FIN2O/c1-15(2)4-3-5-16-11-6-8(12)9(13)7-10(11)14/h6-7H,3-5,14H2,1-2H3. The van der Waals surface area contributed by atoms with Crippen molar-refractivity contribution in [3.63, 3.8) is 0 Å². The summed E-state index contributed by atoms with van der Waals surface area (Å²) in [5.41, 5.74) is 6.21. The maximum atomic E-state index is 13.2. The Morgan fingerprint density at radius 2 is 2.12 bits per heavy atom. The fraction of sp³-hybridized carbons (Fsp3) is 0.455. The van der Waals surface area contributed by atoms with Crippen LogP contribution < -0.4 is 10.5 Å². The Labute approximate surface area is 109 Å². The lowest BCUT2D eigenvalue weighted by molar-refractivity contribution is 0.281. The lowest BCUT2D eigenvalue weighted by Gasteiger charge is -2.12. The Kier molecular flexibility index (Phi) is 5.27. The second-order valence-corrected chi connectivity index (χ2v) is 4.97. The fourth-order valence-electron chi connectivity index (χ4n) is 1.23. The number of ether oxygens (including phenoxy) is 1. The molecule has 0 aliphatic heterocycles. The first kappa shape index (κ1) is 13.5. The van der Waals surface area contributed by atoms with E-state index >= 15 is 0 Å². The van der Waals surface area contributed by atoms with Gasteiger partial charge in [-0.2, -0.15) is 0 Å². The minimum atomic E-state index is -0.294. The van der Waals surface area contributed by atoms with Crippen LogP contribution in [0, 0.1) is 9.39 Å². The summed E-state index contributed by atoms with van der Waals surface area (Å²) in [7, 11) is 4.00. The topological polar surface area (TPSA) is 38.5 Å². The van der Waals surface area contributed by atoms with Crippen LogP contribution in [-0.2, 0) is 0 Å². The zero-order chi connectivity index (χ0) is 12.1. The number of halogens is 2. The Balaban J connectivity index is 2.51. The van der Waals surface area contributed by atoms with Crippen LogP contribution in [0.15, 0.2) is 12.1 Å². The smallest absolute Gasteiger partial charge is 0.145 e. The van der Waals surface area contributed by atoms with Gasteiger partial charge in [-0.1, -0.05) is 0 Å². The molecule has 5 heteroatoms. The number of nitrogens with zero attached hydrogens (tertiary/aromatic N) is 1. The average Bonchev–Trinajstić information content (AvgIpc) is 2.19. The quantitative estimate of drug-likeness (QED) is 0.509. The van der Waals surface area contributed by atoms with Crippen molar-refractivity contribution < 1.29 is 9.13 Å². The first-order valence-electron chi connectivity index (χ1n) is 5.02. The van der Waals surface area contributed by atoms with Gasteiger partial charge in [0.1, 0.15) is 11.6 Å². The zero-order valence-electron chi connectivity index (χ0n) is 9.46. The summed E-state index contributed by atoms with van der Waals surface area (Å²) in [6.45, 7) is 1.48. The Hall–Kier alpha value is -0.560. The zero-order valence-corrected chi connectivity index (χ0v) is 11.6. The molecule has 16 heavy (non-hydrogen) atoms. The van der Waals surface area contributed by atoms with Crippen LogP contribution in [0.4, 0.5) is 10.1 Å². The molecule has 1 aromatic rings. The molecule has 0 radical (unpaired) electrons. The van der Waals surface area contributed by atoms with Crippen molar-refractivity contribution in [2.75, 3.05) is 33.0 Å². The molecule has 3 nitrogen and oxygen atoms in total. The molecule has 0 saturated carbocycles.